The van der Waals surface area contributed by atoms with Gasteiger partial charge in [-0.1, -0.05) is 12.1 Å². The first-order chi connectivity index (χ1) is 8.24. The van der Waals surface area contributed by atoms with Crippen LogP contribution in [0.4, 0.5) is 0 Å². The van der Waals surface area contributed by atoms with E-state index in [1.807, 2.05) is 24.3 Å². The molecule has 0 aromatic heterocycles. The molecule has 0 saturated heterocycles. The van der Waals surface area contributed by atoms with Crippen molar-refractivity contribution in [3.8, 4) is 11.5 Å². The van der Waals surface area contributed by atoms with Crippen molar-refractivity contribution in [3.63, 3.8) is 0 Å². The zero-order valence-corrected chi connectivity index (χ0v) is 8.01. The molecule has 3 rings (SSSR count). The molecule has 0 aliphatic carbocycles. The molecular weight excluding hydrogens is 192 g/mol. The van der Waals surface area contributed by atoms with Crippen molar-refractivity contribution >= 4 is 5.84 Å². The van der Waals surface area contributed by atoms with Crippen molar-refractivity contribution in [2.24, 2.45) is 4.99 Å². The highest BCUT2D eigenvalue weighted by atomic mass is 16.6. The summed E-state index contributed by atoms with van der Waals surface area (Å²) in [6.07, 6.45) is -0.354. The number of para-hydroxylation sites is 2. The summed E-state index contributed by atoms with van der Waals surface area (Å²) in [5, 5.41) is 2.83. The fourth-order valence-electron chi connectivity index (χ4n) is 1.61. The SMILES string of the molecule is [2H][C@H]1N=C(C2COc3ccccc3O2)N[C@@H]1[2H]. The van der Waals surface area contributed by atoms with Crippen molar-refractivity contribution in [1.29, 1.82) is 0 Å². The predicted octanol–water partition coefficient (Wildman–Crippen LogP) is 0.828. The van der Waals surface area contributed by atoms with Gasteiger partial charge in [0.05, 0.1) is 9.26 Å². The lowest BCUT2D eigenvalue weighted by Crippen LogP contribution is -2.42. The Hall–Kier alpha value is -1.71. The fraction of sp³-hybridized carbons (Fsp3) is 0.364. The summed E-state index contributed by atoms with van der Waals surface area (Å²) in [4.78, 5) is 4.05. The molecule has 4 heteroatoms. The summed E-state index contributed by atoms with van der Waals surface area (Å²) < 4.78 is 26.3. The third-order valence-corrected chi connectivity index (χ3v) is 2.33. The molecule has 3 atom stereocenters. The van der Waals surface area contributed by atoms with Gasteiger partial charge in [0.25, 0.3) is 0 Å². The van der Waals surface area contributed by atoms with Gasteiger partial charge in [-0.2, -0.15) is 0 Å². The highest BCUT2D eigenvalue weighted by Crippen LogP contribution is 2.31. The summed E-state index contributed by atoms with van der Waals surface area (Å²) in [6, 6.07) is 7.42. The Labute approximate surface area is 90.7 Å². The van der Waals surface area contributed by atoms with E-state index in [1.165, 1.54) is 0 Å². The van der Waals surface area contributed by atoms with Crippen LogP contribution in [0.2, 0.25) is 0 Å². The first-order valence-electron chi connectivity index (χ1n) is 5.97. The number of aliphatic imine (C=N–C) groups is 1. The maximum atomic E-state index is 7.52. The minimum Gasteiger partial charge on any atom is -0.485 e. The minimum atomic E-state index is -0.786. The second-order valence-corrected chi connectivity index (χ2v) is 3.34. The van der Waals surface area contributed by atoms with Crippen molar-refractivity contribution in [2.45, 2.75) is 6.10 Å². The summed E-state index contributed by atoms with van der Waals surface area (Å²) in [6.45, 7) is -1.15. The summed E-state index contributed by atoms with van der Waals surface area (Å²) in [5.41, 5.74) is 0. The van der Waals surface area contributed by atoms with Gasteiger partial charge in [-0.3, -0.25) is 4.99 Å². The second kappa shape index (κ2) is 3.46. The van der Waals surface area contributed by atoms with Crippen LogP contribution in [-0.4, -0.2) is 31.6 Å². The minimum absolute atomic E-state index is 0.349. The lowest BCUT2D eigenvalue weighted by molar-refractivity contribution is 0.133. The van der Waals surface area contributed by atoms with E-state index < -0.39 is 13.0 Å². The molecule has 4 nitrogen and oxygen atoms in total. The van der Waals surface area contributed by atoms with Crippen LogP contribution in [-0.2, 0) is 0 Å². The van der Waals surface area contributed by atoms with Crippen LogP contribution >= 0.6 is 0 Å². The van der Waals surface area contributed by atoms with E-state index in [0.717, 1.165) is 0 Å². The Balaban J connectivity index is 1.79. The number of ether oxygens (including phenoxy) is 2. The van der Waals surface area contributed by atoms with E-state index in [0.29, 0.717) is 23.9 Å². The number of rotatable bonds is 1. The van der Waals surface area contributed by atoms with Crippen LogP contribution in [0.1, 0.15) is 2.74 Å². The van der Waals surface area contributed by atoms with Gasteiger partial charge >= 0.3 is 0 Å². The van der Waals surface area contributed by atoms with E-state index >= 15 is 0 Å². The largest absolute Gasteiger partial charge is 0.485 e. The fourth-order valence-corrected chi connectivity index (χ4v) is 1.61. The monoisotopic (exact) mass is 206 g/mol. The van der Waals surface area contributed by atoms with Crippen LogP contribution in [0.5, 0.6) is 11.5 Å². The molecule has 1 aromatic rings. The maximum absolute atomic E-state index is 7.52. The molecule has 0 saturated carbocycles. The number of fused-ring (bicyclic) bond motifs is 1. The maximum Gasteiger partial charge on any atom is 0.189 e. The Morgan fingerprint density at radius 1 is 1.40 bits per heavy atom. The Bertz CT molecular complexity index is 467. The summed E-state index contributed by atoms with van der Waals surface area (Å²) >= 11 is 0. The lowest BCUT2D eigenvalue weighted by atomic mass is 10.2. The zero-order valence-electron chi connectivity index (χ0n) is 10.0. The molecular formula is C11H12N2O2. The molecule has 0 bridgehead atoms. The van der Waals surface area contributed by atoms with Gasteiger partial charge in [0, 0.05) is 6.52 Å². The van der Waals surface area contributed by atoms with E-state index in [-0.39, 0.29) is 6.10 Å². The molecule has 2 heterocycles. The first kappa shape index (κ1) is 6.71. The molecule has 78 valence electrons. The number of hydrogen-bond acceptors (Lipinski definition) is 4. The van der Waals surface area contributed by atoms with Crippen molar-refractivity contribution in [1.82, 2.24) is 5.32 Å². The molecule has 1 unspecified atom stereocenters. The number of nitrogens with one attached hydrogen (secondary N) is 1. The van der Waals surface area contributed by atoms with E-state index in [9.17, 15) is 0 Å². The average molecular weight is 206 g/mol. The topological polar surface area (TPSA) is 42.9 Å². The van der Waals surface area contributed by atoms with Crippen LogP contribution in [0, 0.1) is 0 Å². The molecule has 15 heavy (non-hydrogen) atoms. The van der Waals surface area contributed by atoms with Crippen molar-refractivity contribution in [2.75, 3.05) is 19.6 Å². The number of hydrogen-bond donors (Lipinski definition) is 1. The Kier molecular flexibility index (Phi) is 1.55. The normalized spacial score (nSPS) is 34.9. The van der Waals surface area contributed by atoms with E-state index in [2.05, 4.69) is 10.3 Å². The molecule has 2 aliphatic rings. The molecule has 0 fully saturated rings. The third kappa shape index (κ3) is 1.52. The highest BCUT2D eigenvalue weighted by molar-refractivity contribution is 5.88. The Morgan fingerprint density at radius 2 is 2.27 bits per heavy atom. The summed E-state index contributed by atoms with van der Waals surface area (Å²) in [5.74, 6) is 1.91. The zero-order chi connectivity index (χ0) is 11.8. The van der Waals surface area contributed by atoms with Crippen LogP contribution in [0.3, 0.4) is 0 Å². The molecule has 1 aromatic carbocycles. The molecule has 0 spiro atoms. The standard InChI is InChI=1S/C11H12N2O2/c1-2-4-9-8(3-1)14-7-10(15-9)11-12-5-6-13-11/h1-4,10H,5-7H2,(H,12,13)/i5D,6D/t5-,6-,10?/m1/s1. The number of nitrogens with zero attached hydrogens (tertiary/aromatic N) is 1. The summed E-state index contributed by atoms with van der Waals surface area (Å²) in [7, 11) is 0. The molecule has 1 N–H and O–H groups in total. The van der Waals surface area contributed by atoms with Crippen molar-refractivity contribution in [3.05, 3.63) is 24.3 Å². The van der Waals surface area contributed by atoms with Gasteiger partial charge in [0.2, 0.25) is 0 Å². The van der Waals surface area contributed by atoms with Gasteiger partial charge in [-0.15, -0.1) is 0 Å². The molecule has 2 aliphatic heterocycles. The lowest BCUT2D eigenvalue weighted by Gasteiger charge is -2.26. The highest BCUT2D eigenvalue weighted by Gasteiger charge is 2.26. The molecule has 0 radical (unpaired) electrons. The van der Waals surface area contributed by atoms with Gasteiger partial charge in [-0.05, 0) is 12.1 Å². The van der Waals surface area contributed by atoms with Crippen LogP contribution in [0.25, 0.3) is 0 Å². The van der Waals surface area contributed by atoms with Gasteiger partial charge in [-0.25, -0.2) is 0 Å². The third-order valence-electron chi connectivity index (χ3n) is 2.33. The quantitative estimate of drug-likeness (QED) is 0.740. The predicted molar refractivity (Wildman–Crippen MR) is 56.7 cm³/mol. The smallest absolute Gasteiger partial charge is 0.189 e. The van der Waals surface area contributed by atoms with Crippen LogP contribution in [0.15, 0.2) is 29.3 Å². The van der Waals surface area contributed by atoms with E-state index in [1.54, 1.807) is 0 Å². The van der Waals surface area contributed by atoms with Gasteiger partial charge < -0.3 is 14.8 Å². The average Bonchev–Trinajstić information content (AvgIpc) is 2.69. The number of benzene rings is 1. The molecule has 0 amide bonds. The first-order valence-corrected chi connectivity index (χ1v) is 4.81. The number of amidine groups is 1. The Morgan fingerprint density at radius 3 is 3.07 bits per heavy atom. The van der Waals surface area contributed by atoms with Crippen molar-refractivity contribution < 1.29 is 12.2 Å². The second-order valence-electron chi connectivity index (χ2n) is 3.34. The van der Waals surface area contributed by atoms with Gasteiger partial charge in [0.1, 0.15) is 12.4 Å². The van der Waals surface area contributed by atoms with Gasteiger partial charge in [0.15, 0.2) is 17.6 Å². The van der Waals surface area contributed by atoms with Crippen LogP contribution < -0.4 is 14.8 Å². The van der Waals surface area contributed by atoms with E-state index in [4.69, 9.17) is 12.2 Å².